The van der Waals surface area contributed by atoms with E-state index in [0.717, 1.165) is 11.1 Å². The number of nitrogens with one attached hydrogen (secondary N) is 1. The van der Waals surface area contributed by atoms with Crippen LogP contribution in [-0.4, -0.2) is 13.2 Å². The van der Waals surface area contributed by atoms with Crippen LogP contribution in [0.4, 0.5) is 0 Å². The number of hydrogen-bond donors (Lipinski definition) is 1. The summed E-state index contributed by atoms with van der Waals surface area (Å²) in [6.07, 6.45) is 0. The van der Waals surface area contributed by atoms with Crippen LogP contribution in [0.15, 0.2) is 48.5 Å². The van der Waals surface area contributed by atoms with Crippen molar-refractivity contribution in [3.63, 3.8) is 0 Å². The minimum Gasteiger partial charge on any atom is -0.308 e. The fraction of sp³-hybridized carbons (Fsp3) is 0.400. The standard InChI is InChI=1S/C20H28NO3P/c1-5-23-25(22,24-6-2)20(19-14-10-8-12-17(19)4)21-15-18-13-9-7-11-16(18)3/h7-14,20-21H,5-6,15H2,1-4H3. The Morgan fingerprint density at radius 1 is 0.920 bits per heavy atom. The molecule has 0 aliphatic rings. The summed E-state index contributed by atoms with van der Waals surface area (Å²) in [4.78, 5) is 0. The molecule has 2 rings (SSSR count). The second kappa shape index (κ2) is 9.30. The van der Waals surface area contributed by atoms with Crippen molar-refractivity contribution in [1.29, 1.82) is 0 Å². The second-order valence-electron chi connectivity index (χ2n) is 5.94. The average Bonchev–Trinajstić information content (AvgIpc) is 2.58. The zero-order valence-corrected chi connectivity index (χ0v) is 16.4. The van der Waals surface area contributed by atoms with Gasteiger partial charge < -0.3 is 9.05 Å². The van der Waals surface area contributed by atoms with Crippen molar-refractivity contribution in [2.75, 3.05) is 13.2 Å². The highest BCUT2D eigenvalue weighted by Gasteiger charge is 2.37. The van der Waals surface area contributed by atoms with Crippen molar-refractivity contribution in [2.45, 2.75) is 40.0 Å². The van der Waals surface area contributed by atoms with Gasteiger partial charge in [-0.1, -0.05) is 48.5 Å². The number of hydrogen-bond acceptors (Lipinski definition) is 4. The molecule has 0 spiro atoms. The Balaban J connectivity index is 2.36. The SMILES string of the molecule is CCOP(=O)(OCC)C(NCc1ccccc1C)c1ccccc1C. The summed E-state index contributed by atoms with van der Waals surface area (Å²) in [5.41, 5.74) is 4.37. The summed E-state index contributed by atoms with van der Waals surface area (Å²) in [5.74, 6) is -0.506. The van der Waals surface area contributed by atoms with Gasteiger partial charge in [0.05, 0.1) is 13.2 Å². The van der Waals surface area contributed by atoms with Crippen LogP contribution in [0.25, 0.3) is 0 Å². The predicted molar refractivity (Wildman–Crippen MR) is 103 cm³/mol. The van der Waals surface area contributed by atoms with Gasteiger partial charge in [-0.15, -0.1) is 0 Å². The molecule has 25 heavy (non-hydrogen) atoms. The molecule has 0 amide bonds. The van der Waals surface area contributed by atoms with E-state index >= 15 is 0 Å². The summed E-state index contributed by atoms with van der Waals surface area (Å²) < 4.78 is 24.7. The lowest BCUT2D eigenvalue weighted by atomic mass is 10.1. The summed E-state index contributed by atoms with van der Waals surface area (Å²) in [6.45, 7) is 9.03. The van der Waals surface area contributed by atoms with Crippen LogP contribution >= 0.6 is 7.60 Å². The Morgan fingerprint density at radius 3 is 2.04 bits per heavy atom. The average molecular weight is 361 g/mol. The monoisotopic (exact) mass is 361 g/mol. The third-order valence-corrected chi connectivity index (χ3v) is 6.49. The molecule has 1 unspecified atom stereocenters. The molecule has 136 valence electrons. The smallest absolute Gasteiger partial charge is 0.308 e. The summed E-state index contributed by atoms with van der Waals surface area (Å²) in [5, 5.41) is 3.43. The van der Waals surface area contributed by atoms with E-state index < -0.39 is 13.4 Å². The summed E-state index contributed by atoms with van der Waals surface area (Å²) >= 11 is 0. The molecule has 0 aromatic heterocycles. The molecule has 0 radical (unpaired) electrons. The van der Waals surface area contributed by atoms with Gasteiger partial charge >= 0.3 is 7.60 Å². The van der Waals surface area contributed by atoms with Gasteiger partial charge in [-0.25, -0.2) is 0 Å². The zero-order valence-electron chi connectivity index (χ0n) is 15.5. The van der Waals surface area contributed by atoms with Gasteiger partial charge in [0, 0.05) is 6.54 Å². The first kappa shape index (κ1) is 19.9. The van der Waals surface area contributed by atoms with Gasteiger partial charge in [0.15, 0.2) is 0 Å². The van der Waals surface area contributed by atoms with Crippen molar-refractivity contribution in [2.24, 2.45) is 0 Å². The third kappa shape index (κ3) is 5.02. The molecule has 0 aliphatic carbocycles. The fourth-order valence-corrected chi connectivity index (χ4v) is 4.88. The van der Waals surface area contributed by atoms with Crippen molar-refractivity contribution >= 4 is 7.60 Å². The van der Waals surface area contributed by atoms with Gasteiger partial charge in [-0.3, -0.25) is 9.88 Å². The molecule has 1 N–H and O–H groups in total. The summed E-state index contributed by atoms with van der Waals surface area (Å²) in [7, 11) is -3.34. The molecule has 4 nitrogen and oxygen atoms in total. The van der Waals surface area contributed by atoms with E-state index in [-0.39, 0.29) is 0 Å². The molecule has 1 atom stereocenters. The van der Waals surface area contributed by atoms with Gasteiger partial charge in [-0.2, -0.15) is 0 Å². The molecule has 0 fully saturated rings. The number of benzene rings is 2. The highest BCUT2D eigenvalue weighted by molar-refractivity contribution is 7.54. The van der Waals surface area contributed by atoms with Gasteiger partial charge in [-0.05, 0) is 49.9 Å². The molecular weight excluding hydrogens is 333 g/mol. The number of aryl methyl sites for hydroxylation is 2. The van der Waals surface area contributed by atoms with Crippen LogP contribution in [0.2, 0.25) is 0 Å². The quantitative estimate of drug-likeness (QED) is 0.611. The van der Waals surface area contributed by atoms with Crippen molar-refractivity contribution in [3.8, 4) is 0 Å². The van der Waals surface area contributed by atoms with E-state index in [4.69, 9.17) is 9.05 Å². The lowest BCUT2D eigenvalue weighted by molar-refractivity contribution is 0.207. The predicted octanol–water partition coefficient (Wildman–Crippen LogP) is 5.36. The van der Waals surface area contributed by atoms with E-state index in [1.165, 1.54) is 11.1 Å². The van der Waals surface area contributed by atoms with Gasteiger partial charge in [0.25, 0.3) is 0 Å². The van der Waals surface area contributed by atoms with Crippen LogP contribution in [0, 0.1) is 13.8 Å². The largest absolute Gasteiger partial charge is 0.351 e. The zero-order chi connectivity index (χ0) is 18.3. The minimum absolute atomic E-state index is 0.339. The van der Waals surface area contributed by atoms with E-state index in [2.05, 4.69) is 24.4 Å². The first-order valence-electron chi connectivity index (χ1n) is 8.74. The highest BCUT2D eigenvalue weighted by Crippen LogP contribution is 2.60. The van der Waals surface area contributed by atoms with Gasteiger partial charge in [0.1, 0.15) is 5.78 Å². The van der Waals surface area contributed by atoms with E-state index in [1.54, 1.807) is 0 Å². The third-order valence-electron chi connectivity index (χ3n) is 4.16. The highest BCUT2D eigenvalue weighted by atomic mass is 31.2. The Bertz CT molecular complexity index is 722. The Hall–Kier alpha value is -1.45. The van der Waals surface area contributed by atoms with Crippen LogP contribution < -0.4 is 5.32 Å². The fourth-order valence-electron chi connectivity index (χ4n) is 2.85. The Labute approximate surface area is 151 Å². The van der Waals surface area contributed by atoms with Crippen LogP contribution in [0.1, 0.15) is 41.9 Å². The molecule has 5 heteroatoms. The molecule has 0 heterocycles. The maximum Gasteiger partial charge on any atom is 0.351 e. The van der Waals surface area contributed by atoms with E-state index in [9.17, 15) is 4.57 Å². The molecule has 2 aromatic carbocycles. The maximum atomic E-state index is 13.5. The second-order valence-corrected chi connectivity index (χ2v) is 8.05. The van der Waals surface area contributed by atoms with Crippen LogP contribution in [-0.2, 0) is 20.2 Å². The molecule has 0 saturated carbocycles. The normalized spacial score (nSPS) is 13.0. The molecule has 2 aromatic rings. The van der Waals surface area contributed by atoms with Crippen molar-refractivity contribution < 1.29 is 13.6 Å². The van der Waals surface area contributed by atoms with Crippen molar-refractivity contribution in [1.82, 2.24) is 5.32 Å². The lowest BCUT2D eigenvalue weighted by Gasteiger charge is -2.28. The minimum atomic E-state index is -3.34. The number of rotatable bonds is 9. The molecular formula is C20H28NO3P. The first-order chi connectivity index (χ1) is 12.0. The Kier molecular flexibility index (Phi) is 7.39. The Morgan fingerprint density at radius 2 is 1.48 bits per heavy atom. The van der Waals surface area contributed by atoms with E-state index in [1.807, 2.05) is 57.2 Å². The topological polar surface area (TPSA) is 47.6 Å². The first-order valence-corrected chi connectivity index (χ1v) is 10.3. The van der Waals surface area contributed by atoms with Crippen LogP contribution in [0.3, 0.4) is 0 Å². The molecule has 0 bridgehead atoms. The maximum absolute atomic E-state index is 13.5. The summed E-state index contributed by atoms with van der Waals surface area (Å²) in [6, 6.07) is 16.1. The van der Waals surface area contributed by atoms with Gasteiger partial charge in [0.2, 0.25) is 0 Å². The van der Waals surface area contributed by atoms with E-state index in [0.29, 0.717) is 19.8 Å². The van der Waals surface area contributed by atoms with Crippen molar-refractivity contribution in [3.05, 3.63) is 70.8 Å². The van der Waals surface area contributed by atoms with Crippen LogP contribution in [0.5, 0.6) is 0 Å². The molecule has 0 saturated heterocycles. The molecule has 0 aliphatic heterocycles. The lowest BCUT2D eigenvalue weighted by Crippen LogP contribution is -2.24.